The third-order valence-electron chi connectivity index (χ3n) is 4.77. The summed E-state index contributed by atoms with van der Waals surface area (Å²) >= 11 is 1.42. The Morgan fingerprint density at radius 2 is 1.97 bits per heavy atom. The molecule has 0 saturated heterocycles. The van der Waals surface area contributed by atoms with E-state index in [-0.39, 0.29) is 17.9 Å². The number of hydrogen-bond donors (Lipinski definition) is 1. The van der Waals surface area contributed by atoms with Crippen LogP contribution in [0.25, 0.3) is 0 Å². The predicted molar refractivity (Wildman–Crippen MR) is 109 cm³/mol. The molecule has 0 radical (unpaired) electrons. The Morgan fingerprint density at radius 1 is 1.17 bits per heavy atom. The maximum atomic E-state index is 12.5. The van der Waals surface area contributed by atoms with Crippen LogP contribution in [-0.2, 0) is 22.4 Å². The molecule has 29 heavy (non-hydrogen) atoms. The van der Waals surface area contributed by atoms with E-state index >= 15 is 0 Å². The van der Waals surface area contributed by atoms with Crippen LogP contribution in [0, 0.1) is 0 Å². The Labute approximate surface area is 173 Å². The lowest BCUT2D eigenvalue weighted by Crippen LogP contribution is -2.21. The molecule has 1 aromatic heterocycles. The molecule has 1 N–H and O–H groups in total. The number of fused-ring (bicyclic) bond motifs is 1. The van der Waals surface area contributed by atoms with Crippen molar-refractivity contribution in [1.29, 1.82) is 0 Å². The van der Waals surface area contributed by atoms with Gasteiger partial charge in [-0.1, -0.05) is 6.42 Å². The quantitative estimate of drug-likeness (QED) is 0.420. The normalized spacial score (nSPS) is 13.0. The van der Waals surface area contributed by atoms with Gasteiger partial charge in [0, 0.05) is 4.88 Å². The van der Waals surface area contributed by atoms with Gasteiger partial charge in [-0.3, -0.25) is 9.59 Å². The van der Waals surface area contributed by atoms with Gasteiger partial charge in [-0.05, 0) is 49.4 Å². The molecule has 154 valence electrons. The van der Waals surface area contributed by atoms with Crippen LogP contribution in [0.4, 0.5) is 5.00 Å². The van der Waals surface area contributed by atoms with E-state index in [2.05, 4.69) is 5.32 Å². The SMILES string of the molecule is COC(=O)c1c(NC(=O)COc2ccc(OC)cc2C=O)sc2c1CCCCC2. The number of ether oxygens (including phenoxy) is 3. The van der Waals surface area contributed by atoms with Crippen molar-refractivity contribution < 1.29 is 28.6 Å². The van der Waals surface area contributed by atoms with E-state index in [1.807, 2.05) is 0 Å². The minimum absolute atomic E-state index is 0.283. The summed E-state index contributed by atoms with van der Waals surface area (Å²) < 4.78 is 15.5. The molecule has 0 saturated carbocycles. The van der Waals surface area contributed by atoms with Crippen molar-refractivity contribution in [2.75, 3.05) is 26.1 Å². The lowest BCUT2D eigenvalue weighted by Gasteiger charge is -2.10. The van der Waals surface area contributed by atoms with E-state index < -0.39 is 11.9 Å². The topological polar surface area (TPSA) is 90.9 Å². The Bertz CT molecular complexity index is 920. The number of benzene rings is 1. The van der Waals surface area contributed by atoms with Gasteiger partial charge in [0.15, 0.2) is 12.9 Å². The van der Waals surface area contributed by atoms with Crippen LogP contribution in [0.15, 0.2) is 18.2 Å². The van der Waals surface area contributed by atoms with Crippen LogP contribution >= 0.6 is 11.3 Å². The van der Waals surface area contributed by atoms with E-state index in [1.54, 1.807) is 12.1 Å². The van der Waals surface area contributed by atoms with Crippen molar-refractivity contribution >= 4 is 34.5 Å². The first-order valence-corrected chi connectivity index (χ1v) is 10.2. The van der Waals surface area contributed by atoms with Crippen molar-refractivity contribution in [3.8, 4) is 11.5 Å². The smallest absolute Gasteiger partial charge is 0.341 e. The zero-order valence-corrected chi connectivity index (χ0v) is 17.2. The Hall–Kier alpha value is -2.87. The fourth-order valence-electron chi connectivity index (χ4n) is 3.33. The highest BCUT2D eigenvalue weighted by molar-refractivity contribution is 7.17. The number of nitrogens with one attached hydrogen (secondary N) is 1. The molecule has 8 heteroatoms. The highest BCUT2D eigenvalue weighted by atomic mass is 32.1. The molecular formula is C21H23NO6S. The molecule has 1 aliphatic carbocycles. The Balaban J connectivity index is 1.74. The van der Waals surface area contributed by atoms with Gasteiger partial charge in [-0.15, -0.1) is 11.3 Å². The standard InChI is InChI=1S/C21H23NO6S/c1-26-14-8-9-16(13(10-14)11-23)28-12-18(24)22-20-19(21(25)27-2)15-6-4-3-5-7-17(15)29-20/h8-11H,3-7,12H2,1-2H3,(H,22,24). The fourth-order valence-corrected chi connectivity index (χ4v) is 4.63. The van der Waals surface area contributed by atoms with Crippen LogP contribution in [-0.4, -0.2) is 39.0 Å². The summed E-state index contributed by atoms with van der Waals surface area (Å²) in [4.78, 5) is 37.2. The molecule has 0 bridgehead atoms. The number of esters is 1. The first-order chi connectivity index (χ1) is 14.1. The second-order valence-electron chi connectivity index (χ2n) is 6.62. The van der Waals surface area contributed by atoms with Gasteiger partial charge in [0.1, 0.15) is 16.5 Å². The molecule has 2 aromatic rings. The summed E-state index contributed by atoms with van der Waals surface area (Å²) in [5, 5.41) is 3.26. The highest BCUT2D eigenvalue weighted by Gasteiger charge is 2.26. The molecule has 0 fully saturated rings. The van der Waals surface area contributed by atoms with E-state index in [4.69, 9.17) is 14.2 Å². The van der Waals surface area contributed by atoms with Gasteiger partial charge in [0.05, 0.1) is 25.3 Å². The summed E-state index contributed by atoms with van der Waals surface area (Å²) in [6.07, 6.45) is 5.54. The Kier molecular flexibility index (Phi) is 6.87. The van der Waals surface area contributed by atoms with Crippen molar-refractivity contribution in [2.24, 2.45) is 0 Å². The Morgan fingerprint density at radius 3 is 2.69 bits per heavy atom. The maximum absolute atomic E-state index is 12.5. The molecule has 1 amide bonds. The fraction of sp³-hybridized carbons (Fsp3) is 0.381. The first-order valence-electron chi connectivity index (χ1n) is 9.36. The number of amides is 1. The molecule has 0 spiro atoms. The van der Waals surface area contributed by atoms with Gasteiger partial charge >= 0.3 is 5.97 Å². The van der Waals surface area contributed by atoms with Gasteiger partial charge in [-0.25, -0.2) is 4.79 Å². The van der Waals surface area contributed by atoms with Crippen molar-refractivity contribution in [1.82, 2.24) is 0 Å². The van der Waals surface area contributed by atoms with Gasteiger partial charge < -0.3 is 19.5 Å². The number of thiophene rings is 1. The van der Waals surface area contributed by atoms with Crippen LogP contribution in [0.5, 0.6) is 11.5 Å². The van der Waals surface area contributed by atoms with Gasteiger partial charge in [0.25, 0.3) is 5.91 Å². The predicted octanol–water partition coefficient (Wildman–Crippen LogP) is 3.64. The lowest BCUT2D eigenvalue weighted by molar-refractivity contribution is -0.118. The number of rotatable bonds is 7. The second kappa shape index (κ2) is 9.56. The summed E-state index contributed by atoms with van der Waals surface area (Å²) in [5.41, 5.74) is 1.71. The monoisotopic (exact) mass is 417 g/mol. The third kappa shape index (κ3) is 4.76. The average Bonchev–Trinajstić information content (AvgIpc) is 2.91. The minimum Gasteiger partial charge on any atom is -0.497 e. The first kappa shape index (κ1) is 20.9. The second-order valence-corrected chi connectivity index (χ2v) is 7.72. The van der Waals surface area contributed by atoms with Crippen LogP contribution in [0.2, 0.25) is 0 Å². The molecule has 1 heterocycles. The number of carbonyl (C=O) groups is 3. The van der Waals surface area contributed by atoms with Crippen molar-refractivity contribution in [2.45, 2.75) is 32.1 Å². The molecule has 1 aromatic carbocycles. The number of aldehydes is 1. The van der Waals surface area contributed by atoms with E-state index in [0.29, 0.717) is 22.6 Å². The largest absolute Gasteiger partial charge is 0.497 e. The van der Waals surface area contributed by atoms with E-state index in [0.717, 1.165) is 42.5 Å². The lowest BCUT2D eigenvalue weighted by atomic mass is 10.1. The van der Waals surface area contributed by atoms with Gasteiger partial charge in [0.2, 0.25) is 0 Å². The molecule has 7 nitrogen and oxygen atoms in total. The van der Waals surface area contributed by atoms with Crippen LogP contribution in [0.1, 0.15) is 50.4 Å². The number of anilines is 1. The average molecular weight is 417 g/mol. The van der Waals surface area contributed by atoms with Crippen LogP contribution in [0.3, 0.4) is 0 Å². The summed E-state index contributed by atoms with van der Waals surface area (Å²) in [6, 6.07) is 4.75. The van der Waals surface area contributed by atoms with E-state index in [9.17, 15) is 14.4 Å². The van der Waals surface area contributed by atoms with Crippen LogP contribution < -0.4 is 14.8 Å². The zero-order chi connectivity index (χ0) is 20.8. The minimum atomic E-state index is -0.445. The molecular weight excluding hydrogens is 394 g/mol. The number of aryl methyl sites for hydroxylation is 1. The molecule has 1 aliphatic rings. The third-order valence-corrected chi connectivity index (χ3v) is 5.97. The number of methoxy groups -OCH3 is 2. The summed E-state index contributed by atoms with van der Waals surface area (Å²) in [6.45, 7) is -0.295. The number of hydrogen-bond acceptors (Lipinski definition) is 7. The van der Waals surface area contributed by atoms with Crippen molar-refractivity contribution in [3.05, 3.63) is 39.8 Å². The zero-order valence-electron chi connectivity index (χ0n) is 16.4. The number of carbonyl (C=O) groups excluding carboxylic acids is 3. The van der Waals surface area contributed by atoms with Crippen molar-refractivity contribution in [3.63, 3.8) is 0 Å². The molecule has 0 unspecified atom stereocenters. The maximum Gasteiger partial charge on any atom is 0.341 e. The van der Waals surface area contributed by atoms with E-state index in [1.165, 1.54) is 31.6 Å². The highest BCUT2D eigenvalue weighted by Crippen LogP contribution is 2.38. The molecule has 0 atom stereocenters. The molecule has 0 aliphatic heterocycles. The molecule has 3 rings (SSSR count). The van der Waals surface area contributed by atoms with Gasteiger partial charge in [-0.2, -0.15) is 0 Å². The summed E-state index contributed by atoms with van der Waals surface area (Å²) in [5.74, 6) is -0.0592. The summed E-state index contributed by atoms with van der Waals surface area (Å²) in [7, 11) is 2.84.